The van der Waals surface area contributed by atoms with Gasteiger partial charge in [-0.3, -0.25) is 9.59 Å². The molecule has 0 aromatic carbocycles. The molecule has 0 atom stereocenters. The predicted octanol–water partition coefficient (Wildman–Crippen LogP) is 3.90. The van der Waals surface area contributed by atoms with Crippen LogP contribution in [0, 0.1) is 18.3 Å². The topological polar surface area (TPSA) is 73.2 Å². The number of carbonyl (C=O) groups excluding carboxylic acids is 2. The van der Waals surface area contributed by atoms with Gasteiger partial charge in [-0.05, 0) is 32.3 Å². The van der Waals surface area contributed by atoms with Gasteiger partial charge in [0, 0.05) is 12.6 Å². The molecule has 1 fully saturated rings. The maximum absolute atomic E-state index is 13.0. The van der Waals surface area contributed by atoms with Gasteiger partial charge in [0.25, 0.3) is 5.91 Å². The Morgan fingerprint density at radius 1 is 1.38 bits per heavy atom. The largest absolute Gasteiger partial charge is 0.335 e. The van der Waals surface area contributed by atoms with Crippen molar-refractivity contribution < 1.29 is 9.59 Å². The van der Waals surface area contributed by atoms with E-state index in [-0.39, 0.29) is 23.7 Å². The quantitative estimate of drug-likeness (QED) is 0.802. The predicted molar refractivity (Wildman–Crippen MR) is 96.7 cm³/mol. The summed E-state index contributed by atoms with van der Waals surface area (Å²) in [4.78, 5) is 27.0. The number of amides is 2. The highest BCUT2D eigenvalue weighted by Gasteiger charge is 2.29. The monoisotopic (exact) mass is 367 g/mol. The van der Waals surface area contributed by atoms with Gasteiger partial charge >= 0.3 is 0 Å². The normalized spacial score (nSPS) is 14.9. The summed E-state index contributed by atoms with van der Waals surface area (Å²) in [6.07, 6.45) is 5.60. The first-order valence-corrected chi connectivity index (χ1v) is 9.58. The molecular weight excluding hydrogens is 346 g/mol. The van der Waals surface area contributed by atoms with Crippen LogP contribution in [-0.2, 0) is 4.79 Å². The summed E-state index contributed by atoms with van der Waals surface area (Å²) < 4.78 is 0. The van der Waals surface area contributed by atoms with Crippen LogP contribution < -0.4 is 5.32 Å². The Balaban J connectivity index is 2.30. The number of nitrogens with zero attached hydrogens (tertiary/aromatic N) is 2. The van der Waals surface area contributed by atoms with E-state index in [0.717, 1.165) is 25.7 Å². The van der Waals surface area contributed by atoms with Gasteiger partial charge in [-0.2, -0.15) is 5.26 Å². The Bertz CT molecular complexity index is 660. The number of nitrogens with one attached hydrogen (secondary N) is 1. The zero-order chi connectivity index (χ0) is 17.7. The average Bonchev–Trinajstić information content (AvgIpc) is 2.91. The minimum atomic E-state index is -0.381. The number of hydrogen-bond acceptors (Lipinski definition) is 4. The van der Waals surface area contributed by atoms with Crippen LogP contribution in [-0.4, -0.2) is 35.2 Å². The van der Waals surface area contributed by atoms with Crippen LogP contribution in [0.3, 0.4) is 0 Å². The zero-order valence-corrected chi connectivity index (χ0v) is 15.6. The Morgan fingerprint density at radius 3 is 2.58 bits per heavy atom. The molecule has 5 nitrogen and oxygen atoms in total. The highest BCUT2D eigenvalue weighted by molar-refractivity contribution is 7.18. The average molecular weight is 368 g/mol. The molecule has 24 heavy (non-hydrogen) atoms. The van der Waals surface area contributed by atoms with Crippen LogP contribution in [0.2, 0.25) is 0 Å². The number of alkyl halides is 1. The van der Waals surface area contributed by atoms with Gasteiger partial charge < -0.3 is 10.2 Å². The number of anilines is 1. The van der Waals surface area contributed by atoms with Crippen LogP contribution in [0.1, 0.15) is 59.8 Å². The molecule has 0 saturated heterocycles. The van der Waals surface area contributed by atoms with E-state index in [2.05, 4.69) is 11.4 Å². The van der Waals surface area contributed by atoms with Gasteiger partial charge in [-0.15, -0.1) is 22.9 Å². The Labute approximate surface area is 151 Å². The molecule has 1 N–H and O–H groups in total. The van der Waals surface area contributed by atoms with Gasteiger partial charge in [-0.25, -0.2) is 0 Å². The smallest absolute Gasteiger partial charge is 0.264 e. The van der Waals surface area contributed by atoms with Crippen molar-refractivity contribution in [2.45, 2.75) is 52.0 Å². The molecule has 7 heteroatoms. The van der Waals surface area contributed by atoms with E-state index in [1.54, 1.807) is 6.92 Å². The van der Waals surface area contributed by atoms with Crippen molar-refractivity contribution in [3.63, 3.8) is 0 Å². The van der Waals surface area contributed by atoms with Crippen LogP contribution in [0.4, 0.5) is 5.00 Å². The summed E-state index contributed by atoms with van der Waals surface area (Å²) in [5, 5.41) is 12.4. The summed E-state index contributed by atoms with van der Waals surface area (Å²) in [5.41, 5.74) is 0.980. The SMILES string of the molecule is CCN(C(=O)c1sc(NC(=O)CCl)c(C#N)c1C)C1CCCCC1. The van der Waals surface area contributed by atoms with Crippen molar-refractivity contribution in [1.82, 2.24) is 4.90 Å². The number of carbonyl (C=O) groups is 2. The van der Waals surface area contributed by atoms with Gasteiger partial charge in [0.15, 0.2) is 0 Å². The fourth-order valence-corrected chi connectivity index (χ4v) is 4.39. The molecule has 130 valence electrons. The lowest BCUT2D eigenvalue weighted by Crippen LogP contribution is -2.41. The molecular formula is C17H22ClN3O2S. The zero-order valence-electron chi connectivity index (χ0n) is 14.0. The minimum Gasteiger partial charge on any atom is -0.335 e. The third kappa shape index (κ3) is 3.90. The van der Waals surface area contributed by atoms with Gasteiger partial charge in [0.05, 0.1) is 10.4 Å². The molecule has 0 aliphatic heterocycles. The van der Waals surface area contributed by atoms with Crippen molar-refractivity contribution in [2.75, 3.05) is 17.7 Å². The minimum absolute atomic E-state index is 0.0465. The molecule has 0 unspecified atom stereocenters. The van der Waals surface area contributed by atoms with E-state index >= 15 is 0 Å². The van der Waals surface area contributed by atoms with Crippen LogP contribution >= 0.6 is 22.9 Å². The van der Waals surface area contributed by atoms with Crippen molar-refractivity contribution in [3.8, 4) is 6.07 Å². The molecule has 1 aliphatic rings. The Hall–Kier alpha value is -1.58. The second-order valence-electron chi connectivity index (χ2n) is 5.94. The van der Waals surface area contributed by atoms with E-state index in [4.69, 9.17) is 11.6 Å². The Morgan fingerprint density at radius 2 is 2.04 bits per heavy atom. The van der Waals surface area contributed by atoms with Crippen molar-refractivity contribution >= 4 is 39.8 Å². The molecule has 1 heterocycles. The molecule has 0 spiro atoms. The number of halogens is 1. The van der Waals surface area contributed by atoms with Crippen molar-refractivity contribution in [2.24, 2.45) is 0 Å². The first-order chi connectivity index (χ1) is 11.5. The van der Waals surface area contributed by atoms with Gasteiger partial charge in [0.1, 0.15) is 17.0 Å². The van der Waals surface area contributed by atoms with E-state index in [1.165, 1.54) is 17.8 Å². The molecule has 1 aliphatic carbocycles. The molecule has 0 bridgehead atoms. The lowest BCUT2D eigenvalue weighted by atomic mass is 9.94. The molecule has 2 amide bonds. The van der Waals surface area contributed by atoms with E-state index in [0.29, 0.717) is 27.5 Å². The summed E-state index contributed by atoms with van der Waals surface area (Å²) in [6, 6.07) is 2.35. The van der Waals surface area contributed by atoms with Crippen LogP contribution in [0.15, 0.2) is 0 Å². The van der Waals surface area contributed by atoms with Gasteiger partial charge in [-0.1, -0.05) is 19.3 Å². The summed E-state index contributed by atoms with van der Waals surface area (Å²) in [6.45, 7) is 4.39. The molecule has 1 aromatic rings. The highest BCUT2D eigenvalue weighted by Crippen LogP contribution is 2.34. The lowest BCUT2D eigenvalue weighted by Gasteiger charge is -2.33. The number of hydrogen-bond donors (Lipinski definition) is 1. The van der Waals surface area contributed by atoms with E-state index < -0.39 is 0 Å². The van der Waals surface area contributed by atoms with Gasteiger partial charge in [0.2, 0.25) is 5.91 Å². The van der Waals surface area contributed by atoms with Crippen molar-refractivity contribution in [3.05, 3.63) is 16.0 Å². The summed E-state index contributed by atoms with van der Waals surface area (Å²) in [5.74, 6) is -0.614. The van der Waals surface area contributed by atoms with E-state index in [9.17, 15) is 14.9 Å². The third-order valence-electron chi connectivity index (χ3n) is 4.44. The summed E-state index contributed by atoms with van der Waals surface area (Å²) in [7, 11) is 0. The lowest BCUT2D eigenvalue weighted by molar-refractivity contribution is -0.113. The Kier molecular flexibility index (Phi) is 6.64. The van der Waals surface area contributed by atoms with Crippen molar-refractivity contribution in [1.29, 1.82) is 5.26 Å². The second-order valence-corrected chi connectivity index (χ2v) is 7.22. The first-order valence-electron chi connectivity index (χ1n) is 8.23. The van der Waals surface area contributed by atoms with Crippen LogP contribution in [0.5, 0.6) is 0 Å². The molecule has 1 aromatic heterocycles. The maximum atomic E-state index is 13.0. The fourth-order valence-electron chi connectivity index (χ4n) is 3.19. The molecule has 0 radical (unpaired) electrons. The maximum Gasteiger partial charge on any atom is 0.264 e. The molecule has 2 rings (SSSR count). The number of rotatable bonds is 5. The molecule has 1 saturated carbocycles. The van der Waals surface area contributed by atoms with Crippen LogP contribution in [0.25, 0.3) is 0 Å². The van der Waals surface area contributed by atoms with E-state index in [1.807, 2.05) is 11.8 Å². The standard InChI is InChI=1S/C17H22ClN3O2S/c1-3-21(12-7-5-4-6-8-12)17(23)15-11(2)13(10-19)16(24-15)20-14(22)9-18/h12H,3-9H2,1-2H3,(H,20,22). The summed E-state index contributed by atoms with van der Waals surface area (Å²) >= 11 is 6.68. The highest BCUT2D eigenvalue weighted by atomic mass is 35.5. The fraction of sp³-hybridized carbons (Fsp3) is 0.588. The number of thiophene rings is 1. The second kappa shape index (κ2) is 8.50. The number of nitriles is 1. The third-order valence-corrected chi connectivity index (χ3v) is 5.88. The first kappa shape index (κ1) is 18.8.